The summed E-state index contributed by atoms with van der Waals surface area (Å²) in [5.41, 5.74) is -0.923. The number of carboxylic acid groups (broad SMARTS) is 1. The van der Waals surface area contributed by atoms with Crippen LogP contribution in [0.1, 0.15) is 24.2 Å². The van der Waals surface area contributed by atoms with Crippen molar-refractivity contribution in [1.82, 2.24) is 0 Å². The summed E-state index contributed by atoms with van der Waals surface area (Å²) in [5, 5.41) is 18.7. The Kier molecular flexibility index (Phi) is 3.70. The van der Waals surface area contributed by atoms with Crippen LogP contribution in [-0.4, -0.2) is 29.7 Å². The SMILES string of the molecule is CC(C)S(=O)(=O)c1cc(C(=O)O)ccc1[N+](=O)[O-]. The van der Waals surface area contributed by atoms with E-state index in [-0.39, 0.29) is 5.56 Å². The highest BCUT2D eigenvalue weighted by Crippen LogP contribution is 2.28. The van der Waals surface area contributed by atoms with Crippen LogP contribution >= 0.6 is 0 Å². The summed E-state index contributed by atoms with van der Waals surface area (Å²) in [7, 11) is -3.91. The quantitative estimate of drug-likeness (QED) is 0.656. The lowest BCUT2D eigenvalue weighted by molar-refractivity contribution is -0.387. The van der Waals surface area contributed by atoms with Crippen molar-refractivity contribution in [3.63, 3.8) is 0 Å². The van der Waals surface area contributed by atoms with E-state index >= 15 is 0 Å². The third-order valence-corrected chi connectivity index (χ3v) is 4.51. The molecule has 0 radical (unpaired) electrons. The Hall–Kier alpha value is -1.96. The predicted octanol–water partition coefficient (Wildman–Crippen LogP) is 1.48. The van der Waals surface area contributed by atoms with E-state index in [0.717, 1.165) is 18.2 Å². The van der Waals surface area contributed by atoms with Crippen molar-refractivity contribution < 1.29 is 23.2 Å². The molecule has 0 aliphatic carbocycles. The van der Waals surface area contributed by atoms with Gasteiger partial charge in [0.05, 0.1) is 15.7 Å². The van der Waals surface area contributed by atoms with Crippen LogP contribution in [0.3, 0.4) is 0 Å². The van der Waals surface area contributed by atoms with Crippen LogP contribution < -0.4 is 0 Å². The summed E-state index contributed by atoms with van der Waals surface area (Å²) in [6.45, 7) is 2.74. The molecule has 0 unspecified atom stereocenters. The molecule has 0 aliphatic heterocycles. The number of carbonyl (C=O) groups is 1. The third-order valence-electron chi connectivity index (χ3n) is 2.33. The van der Waals surface area contributed by atoms with Gasteiger partial charge < -0.3 is 5.11 Å². The number of nitrogens with zero attached hydrogens (tertiary/aromatic N) is 1. The first kappa shape index (κ1) is 14.1. The Bertz CT molecular complexity index is 605. The number of benzene rings is 1. The van der Waals surface area contributed by atoms with Gasteiger partial charge in [-0.25, -0.2) is 13.2 Å². The van der Waals surface area contributed by atoms with Crippen LogP contribution in [0.4, 0.5) is 5.69 Å². The Morgan fingerprint density at radius 1 is 1.39 bits per heavy atom. The van der Waals surface area contributed by atoms with Crippen LogP contribution in [0.2, 0.25) is 0 Å². The number of sulfone groups is 1. The minimum absolute atomic E-state index is 0.306. The molecule has 0 amide bonds. The molecule has 0 aromatic heterocycles. The molecule has 7 nitrogen and oxygen atoms in total. The Morgan fingerprint density at radius 2 is 1.94 bits per heavy atom. The molecule has 0 atom stereocenters. The molecule has 1 rings (SSSR count). The molecule has 0 aliphatic rings. The fourth-order valence-electron chi connectivity index (χ4n) is 1.28. The van der Waals surface area contributed by atoms with Gasteiger partial charge in [0.2, 0.25) is 0 Å². The number of rotatable bonds is 4. The van der Waals surface area contributed by atoms with Gasteiger partial charge in [-0.2, -0.15) is 0 Å². The summed E-state index contributed by atoms with van der Waals surface area (Å²) in [4.78, 5) is 20.1. The van der Waals surface area contributed by atoms with Crippen LogP contribution in [0, 0.1) is 10.1 Å². The lowest BCUT2D eigenvalue weighted by Crippen LogP contribution is -2.16. The molecule has 0 fully saturated rings. The summed E-state index contributed by atoms with van der Waals surface area (Å²) >= 11 is 0. The van der Waals surface area contributed by atoms with Gasteiger partial charge in [0.1, 0.15) is 4.90 Å². The fraction of sp³-hybridized carbons (Fsp3) is 0.300. The smallest absolute Gasteiger partial charge is 0.335 e. The molecular weight excluding hydrogens is 262 g/mol. The van der Waals surface area contributed by atoms with Crippen LogP contribution in [0.5, 0.6) is 0 Å². The monoisotopic (exact) mass is 273 g/mol. The van der Waals surface area contributed by atoms with E-state index in [2.05, 4.69) is 0 Å². The molecule has 0 heterocycles. The maximum Gasteiger partial charge on any atom is 0.335 e. The number of aromatic carboxylic acids is 1. The molecule has 98 valence electrons. The van der Waals surface area contributed by atoms with Gasteiger partial charge in [0.15, 0.2) is 9.84 Å². The standard InChI is InChI=1S/C10H11NO6S/c1-6(2)18(16,17)9-5-7(10(12)13)3-4-8(9)11(14)15/h3-6H,1-2H3,(H,12,13). The normalized spacial score (nSPS) is 11.5. The topological polar surface area (TPSA) is 115 Å². The van der Waals surface area contributed by atoms with E-state index in [1.165, 1.54) is 13.8 Å². The Morgan fingerprint density at radius 3 is 2.33 bits per heavy atom. The summed E-state index contributed by atoms with van der Waals surface area (Å²) < 4.78 is 23.9. The molecule has 0 bridgehead atoms. The van der Waals surface area contributed by atoms with E-state index in [1.54, 1.807) is 0 Å². The van der Waals surface area contributed by atoms with Gasteiger partial charge in [-0.3, -0.25) is 10.1 Å². The first-order valence-electron chi connectivity index (χ1n) is 4.93. The zero-order valence-electron chi connectivity index (χ0n) is 9.65. The van der Waals surface area contributed by atoms with E-state index in [1.807, 2.05) is 0 Å². The van der Waals surface area contributed by atoms with E-state index in [4.69, 9.17) is 5.11 Å². The van der Waals surface area contributed by atoms with Crippen molar-refractivity contribution in [1.29, 1.82) is 0 Å². The number of carboxylic acids is 1. The van der Waals surface area contributed by atoms with Crippen LogP contribution in [-0.2, 0) is 9.84 Å². The Balaban J connectivity index is 3.62. The highest BCUT2D eigenvalue weighted by atomic mass is 32.2. The lowest BCUT2D eigenvalue weighted by Gasteiger charge is -2.08. The highest BCUT2D eigenvalue weighted by Gasteiger charge is 2.29. The average Bonchev–Trinajstić information content (AvgIpc) is 2.27. The molecule has 0 saturated carbocycles. The molecule has 0 saturated heterocycles. The number of nitro groups is 1. The minimum atomic E-state index is -3.91. The van der Waals surface area contributed by atoms with Crippen molar-refractivity contribution in [2.45, 2.75) is 24.0 Å². The van der Waals surface area contributed by atoms with E-state index < -0.39 is 36.6 Å². The van der Waals surface area contributed by atoms with Gasteiger partial charge in [0.25, 0.3) is 5.69 Å². The molecule has 1 aromatic carbocycles. The summed E-state index contributed by atoms with van der Waals surface area (Å²) in [6.07, 6.45) is 0. The maximum atomic E-state index is 11.9. The second-order valence-corrected chi connectivity index (χ2v) is 6.31. The molecular formula is C10H11NO6S. The zero-order valence-corrected chi connectivity index (χ0v) is 10.5. The van der Waals surface area contributed by atoms with E-state index in [0.29, 0.717) is 0 Å². The maximum absolute atomic E-state index is 11.9. The first-order valence-corrected chi connectivity index (χ1v) is 6.48. The molecule has 8 heteroatoms. The molecule has 1 aromatic rings. The highest BCUT2D eigenvalue weighted by molar-refractivity contribution is 7.92. The largest absolute Gasteiger partial charge is 0.478 e. The van der Waals surface area contributed by atoms with Crippen molar-refractivity contribution in [2.75, 3.05) is 0 Å². The average molecular weight is 273 g/mol. The molecule has 1 N–H and O–H groups in total. The van der Waals surface area contributed by atoms with Gasteiger partial charge >= 0.3 is 5.97 Å². The van der Waals surface area contributed by atoms with Crippen molar-refractivity contribution in [2.24, 2.45) is 0 Å². The summed E-state index contributed by atoms with van der Waals surface area (Å²) in [5.74, 6) is -1.34. The van der Waals surface area contributed by atoms with Crippen LogP contribution in [0.25, 0.3) is 0 Å². The van der Waals surface area contributed by atoms with Gasteiger partial charge in [-0.05, 0) is 26.0 Å². The fourth-order valence-corrected chi connectivity index (χ4v) is 2.51. The number of hydrogen-bond donors (Lipinski definition) is 1. The van der Waals surface area contributed by atoms with Gasteiger partial charge in [0, 0.05) is 6.07 Å². The predicted molar refractivity (Wildman–Crippen MR) is 62.4 cm³/mol. The Labute approximate surface area is 103 Å². The van der Waals surface area contributed by atoms with Crippen molar-refractivity contribution >= 4 is 21.5 Å². The molecule has 0 spiro atoms. The van der Waals surface area contributed by atoms with Crippen LogP contribution in [0.15, 0.2) is 23.1 Å². The van der Waals surface area contributed by atoms with Gasteiger partial charge in [-0.15, -0.1) is 0 Å². The zero-order chi connectivity index (χ0) is 14.1. The van der Waals surface area contributed by atoms with E-state index in [9.17, 15) is 23.3 Å². The van der Waals surface area contributed by atoms with Crippen molar-refractivity contribution in [3.8, 4) is 0 Å². The third kappa shape index (κ3) is 2.48. The number of nitro benzene ring substituents is 1. The van der Waals surface area contributed by atoms with Crippen molar-refractivity contribution in [3.05, 3.63) is 33.9 Å². The lowest BCUT2D eigenvalue weighted by atomic mass is 10.2. The summed E-state index contributed by atoms with van der Waals surface area (Å²) in [6, 6.07) is 2.70. The second-order valence-electron chi connectivity index (χ2n) is 3.84. The van der Waals surface area contributed by atoms with Gasteiger partial charge in [-0.1, -0.05) is 0 Å². The second kappa shape index (κ2) is 4.73. The number of hydrogen-bond acceptors (Lipinski definition) is 5. The minimum Gasteiger partial charge on any atom is -0.478 e. The molecule has 18 heavy (non-hydrogen) atoms. The first-order chi connectivity index (χ1) is 8.17.